The van der Waals surface area contributed by atoms with Crippen LogP contribution in [0.2, 0.25) is 0 Å². The van der Waals surface area contributed by atoms with Gasteiger partial charge in [0.1, 0.15) is 11.9 Å². The van der Waals surface area contributed by atoms with Crippen molar-refractivity contribution in [2.75, 3.05) is 5.88 Å². The van der Waals surface area contributed by atoms with E-state index in [1.807, 2.05) is 0 Å². The SMILES string of the molecule is OC(CCl)C(O)c1ccccc1F. The second-order valence-electron chi connectivity index (χ2n) is 2.69. The number of halogens is 2. The third-order valence-electron chi connectivity index (χ3n) is 1.75. The van der Waals surface area contributed by atoms with Crippen LogP contribution < -0.4 is 0 Å². The summed E-state index contributed by atoms with van der Waals surface area (Å²) in [6, 6.07) is 5.73. The van der Waals surface area contributed by atoms with E-state index in [1.54, 1.807) is 6.07 Å². The van der Waals surface area contributed by atoms with Crippen LogP contribution >= 0.6 is 11.6 Å². The number of hydrogen-bond acceptors (Lipinski definition) is 2. The Labute approximate surface area is 80.6 Å². The summed E-state index contributed by atoms with van der Waals surface area (Å²) < 4.78 is 13.0. The summed E-state index contributed by atoms with van der Waals surface area (Å²) in [4.78, 5) is 0. The second-order valence-corrected chi connectivity index (χ2v) is 3.00. The Morgan fingerprint density at radius 3 is 2.46 bits per heavy atom. The fourth-order valence-electron chi connectivity index (χ4n) is 1.01. The normalized spacial score (nSPS) is 15.4. The molecule has 0 aliphatic heterocycles. The van der Waals surface area contributed by atoms with Crippen molar-refractivity contribution >= 4 is 11.6 Å². The lowest BCUT2D eigenvalue weighted by Gasteiger charge is -2.15. The van der Waals surface area contributed by atoms with Crippen molar-refractivity contribution in [2.24, 2.45) is 0 Å². The fraction of sp³-hybridized carbons (Fsp3) is 0.333. The molecule has 2 atom stereocenters. The van der Waals surface area contributed by atoms with Gasteiger partial charge in [0.2, 0.25) is 0 Å². The Kier molecular flexibility index (Phi) is 3.66. The summed E-state index contributed by atoms with van der Waals surface area (Å²) >= 11 is 5.32. The van der Waals surface area contributed by atoms with Gasteiger partial charge in [0, 0.05) is 5.56 Å². The second kappa shape index (κ2) is 4.56. The van der Waals surface area contributed by atoms with Gasteiger partial charge in [0.05, 0.1) is 12.0 Å². The number of rotatable bonds is 3. The highest BCUT2D eigenvalue weighted by atomic mass is 35.5. The summed E-state index contributed by atoms with van der Waals surface area (Å²) in [5, 5.41) is 18.6. The van der Waals surface area contributed by atoms with Crippen molar-refractivity contribution in [3.63, 3.8) is 0 Å². The number of aliphatic hydroxyl groups is 2. The van der Waals surface area contributed by atoms with E-state index in [9.17, 15) is 9.50 Å². The standard InChI is InChI=1S/C9H10ClFO2/c10-5-8(12)9(13)6-3-1-2-4-7(6)11/h1-4,8-9,12-13H,5H2. The molecule has 13 heavy (non-hydrogen) atoms. The molecule has 0 aliphatic rings. The molecule has 4 heteroatoms. The highest BCUT2D eigenvalue weighted by Crippen LogP contribution is 2.20. The number of aliphatic hydroxyl groups excluding tert-OH is 2. The first-order valence-electron chi connectivity index (χ1n) is 3.83. The maximum absolute atomic E-state index is 13.0. The molecule has 0 radical (unpaired) electrons. The molecule has 1 aromatic carbocycles. The Morgan fingerprint density at radius 2 is 1.92 bits per heavy atom. The van der Waals surface area contributed by atoms with Crippen LogP contribution in [0.5, 0.6) is 0 Å². The zero-order valence-corrected chi connectivity index (χ0v) is 7.58. The van der Waals surface area contributed by atoms with E-state index in [0.29, 0.717) is 0 Å². The average molecular weight is 205 g/mol. The van der Waals surface area contributed by atoms with Gasteiger partial charge in [0.15, 0.2) is 0 Å². The van der Waals surface area contributed by atoms with Crippen molar-refractivity contribution in [1.29, 1.82) is 0 Å². The quantitative estimate of drug-likeness (QED) is 0.732. The van der Waals surface area contributed by atoms with Crippen LogP contribution in [0.4, 0.5) is 4.39 Å². The van der Waals surface area contributed by atoms with Crippen molar-refractivity contribution in [3.8, 4) is 0 Å². The van der Waals surface area contributed by atoms with Crippen LogP contribution in [-0.2, 0) is 0 Å². The van der Waals surface area contributed by atoms with E-state index in [1.165, 1.54) is 18.2 Å². The van der Waals surface area contributed by atoms with Crippen LogP contribution in [0.1, 0.15) is 11.7 Å². The Hall–Kier alpha value is -0.640. The highest BCUT2D eigenvalue weighted by molar-refractivity contribution is 6.18. The van der Waals surface area contributed by atoms with Crippen molar-refractivity contribution in [1.82, 2.24) is 0 Å². The van der Waals surface area contributed by atoms with E-state index < -0.39 is 18.0 Å². The first kappa shape index (κ1) is 10.4. The van der Waals surface area contributed by atoms with Crippen LogP contribution in [-0.4, -0.2) is 22.2 Å². The fourth-order valence-corrected chi connectivity index (χ4v) is 1.18. The Balaban J connectivity index is 2.88. The van der Waals surface area contributed by atoms with Gasteiger partial charge < -0.3 is 10.2 Å². The maximum Gasteiger partial charge on any atom is 0.129 e. The van der Waals surface area contributed by atoms with Gasteiger partial charge in [-0.25, -0.2) is 4.39 Å². The van der Waals surface area contributed by atoms with Crippen LogP contribution in [0.25, 0.3) is 0 Å². The molecule has 0 aromatic heterocycles. The van der Waals surface area contributed by atoms with Crippen molar-refractivity contribution in [3.05, 3.63) is 35.6 Å². The van der Waals surface area contributed by atoms with Crippen LogP contribution in [0, 0.1) is 5.82 Å². The van der Waals surface area contributed by atoms with Gasteiger partial charge in [-0.15, -0.1) is 11.6 Å². The molecule has 0 spiro atoms. The third kappa shape index (κ3) is 2.40. The molecule has 0 bridgehead atoms. The number of hydrogen-bond donors (Lipinski definition) is 2. The van der Waals surface area contributed by atoms with Gasteiger partial charge in [-0.05, 0) is 6.07 Å². The Bertz CT molecular complexity index is 280. The Morgan fingerprint density at radius 1 is 1.31 bits per heavy atom. The molecule has 1 aromatic rings. The van der Waals surface area contributed by atoms with Gasteiger partial charge in [0.25, 0.3) is 0 Å². The molecule has 0 amide bonds. The lowest BCUT2D eigenvalue weighted by Crippen LogP contribution is -2.20. The van der Waals surface area contributed by atoms with E-state index in [4.69, 9.17) is 16.7 Å². The predicted octanol–water partition coefficient (Wildman–Crippen LogP) is 1.46. The summed E-state index contributed by atoms with van der Waals surface area (Å²) in [5.41, 5.74) is 0.0654. The molecular weight excluding hydrogens is 195 g/mol. The van der Waals surface area contributed by atoms with E-state index in [0.717, 1.165) is 0 Å². The zero-order valence-electron chi connectivity index (χ0n) is 6.82. The topological polar surface area (TPSA) is 40.5 Å². The molecule has 0 saturated carbocycles. The zero-order chi connectivity index (χ0) is 9.84. The molecule has 0 aliphatic carbocycles. The maximum atomic E-state index is 13.0. The molecular formula is C9H10ClFO2. The third-order valence-corrected chi connectivity index (χ3v) is 2.06. The van der Waals surface area contributed by atoms with Gasteiger partial charge in [-0.1, -0.05) is 18.2 Å². The van der Waals surface area contributed by atoms with Gasteiger partial charge in [-0.3, -0.25) is 0 Å². The van der Waals surface area contributed by atoms with Crippen molar-refractivity contribution in [2.45, 2.75) is 12.2 Å². The molecule has 72 valence electrons. The van der Waals surface area contributed by atoms with Gasteiger partial charge >= 0.3 is 0 Å². The lowest BCUT2D eigenvalue weighted by atomic mass is 10.1. The van der Waals surface area contributed by atoms with E-state index in [-0.39, 0.29) is 11.4 Å². The first-order chi connectivity index (χ1) is 6.16. The minimum absolute atomic E-state index is 0.0654. The first-order valence-corrected chi connectivity index (χ1v) is 4.36. The minimum Gasteiger partial charge on any atom is -0.389 e. The molecule has 2 N–H and O–H groups in total. The number of benzene rings is 1. The molecule has 0 saturated heterocycles. The summed E-state index contributed by atoms with van der Waals surface area (Å²) in [5.74, 6) is -0.672. The largest absolute Gasteiger partial charge is 0.389 e. The monoisotopic (exact) mass is 204 g/mol. The highest BCUT2D eigenvalue weighted by Gasteiger charge is 2.19. The summed E-state index contributed by atoms with van der Waals surface area (Å²) in [7, 11) is 0. The molecule has 2 nitrogen and oxygen atoms in total. The van der Waals surface area contributed by atoms with Crippen LogP contribution in [0.3, 0.4) is 0 Å². The molecule has 2 unspecified atom stereocenters. The average Bonchev–Trinajstić information content (AvgIpc) is 2.16. The summed E-state index contributed by atoms with van der Waals surface area (Å²) in [6.07, 6.45) is -2.41. The number of alkyl halides is 1. The van der Waals surface area contributed by atoms with Crippen molar-refractivity contribution < 1.29 is 14.6 Å². The van der Waals surface area contributed by atoms with E-state index >= 15 is 0 Å². The molecule has 0 fully saturated rings. The minimum atomic E-state index is -1.27. The van der Waals surface area contributed by atoms with Crippen LogP contribution in [0.15, 0.2) is 24.3 Å². The van der Waals surface area contributed by atoms with Gasteiger partial charge in [-0.2, -0.15) is 0 Å². The van der Waals surface area contributed by atoms with E-state index in [2.05, 4.69) is 0 Å². The molecule has 0 heterocycles. The smallest absolute Gasteiger partial charge is 0.129 e. The molecule has 1 rings (SSSR count). The predicted molar refractivity (Wildman–Crippen MR) is 48.1 cm³/mol. The summed E-state index contributed by atoms with van der Waals surface area (Å²) in [6.45, 7) is 0. The lowest BCUT2D eigenvalue weighted by molar-refractivity contribution is 0.0305.